The van der Waals surface area contributed by atoms with Gasteiger partial charge in [0.05, 0.1) is 5.56 Å². The molecule has 0 aliphatic carbocycles. The Hall–Kier alpha value is -3.14. The van der Waals surface area contributed by atoms with Crippen LogP contribution >= 0.6 is 11.3 Å². The predicted octanol–water partition coefficient (Wildman–Crippen LogP) is 3.59. The Morgan fingerprint density at radius 1 is 1.22 bits per heavy atom. The van der Waals surface area contributed by atoms with Gasteiger partial charge in [0.2, 0.25) is 5.43 Å². The summed E-state index contributed by atoms with van der Waals surface area (Å²) in [6.45, 7) is 4.84. The number of fused-ring (bicyclic) bond motifs is 1. The molecule has 1 aromatic carbocycles. The van der Waals surface area contributed by atoms with Crippen LogP contribution in [0.1, 0.15) is 47.7 Å². The number of likely N-dealkylation sites (N-methyl/N-ethyl adjacent to an activating group) is 1. The normalized spacial score (nSPS) is 15.8. The number of hydrogen-bond acceptors (Lipinski definition) is 6. The topological polar surface area (TPSA) is 88.3 Å². The predicted molar refractivity (Wildman–Crippen MR) is 116 cm³/mol. The molecule has 0 radical (unpaired) electrons. The van der Waals surface area contributed by atoms with E-state index in [4.69, 9.17) is 0 Å². The molecule has 0 bridgehead atoms. The summed E-state index contributed by atoms with van der Waals surface area (Å²) in [7, 11) is 0. The highest BCUT2D eigenvalue weighted by Crippen LogP contribution is 2.30. The molecule has 3 aromatic rings. The molecule has 0 saturated carbocycles. The third-order valence-electron chi connectivity index (χ3n) is 5.58. The van der Waals surface area contributed by atoms with Crippen molar-refractivity contribution >= 4 is 17.2 Å². The van der Waals surface area contributed by atoms with Crippen molar-refractivity contribution < 1.29 is 18.7 Å². The molecule has 2 aromatic heterocycles. The third-order valence-corrected chi connectivity index (χ3v) is 6.54. The average molecular weight is 461 g/mol. The lowest BCUT2D eigenvalue weighted by atomic mass is 10.0. The van der Waals surface area contributed by atoms with Gasteiger partial charge in [-0.25, -0.2) is 8.78 Å². The number of aromatic nitrogens is 3. The fraction of sp³-hybridized carbons (Fsp3) is 0.364. The highest BCUT2D eigenvalue weighted by atomic mass is 32.1. The fourth-order valence-electron chi connectivity index (χ4n) is 4.04. The van der Waals surface area contributed by atoms with E-state index < -0.39 is 22.8 Å². The van der Waals surface area contributed by atoms with Crippen molar-refractivity contribution in [2.45, 2.75) is 45.7 Å². The van der Waals surface area contributed by atoms with Gasteiger partial charge in [-0.1, -0.05) is 30.7 Å². The van der Waals surface area contributed by atoms with Crippen LogP contribution in [0.3, 0.4) is 0 Å². The number of nitrogens with zero attached hydrogens (tertiary/aromatic N) is 4. The maximum absolute atomic E-state index is 14.0. The third kappa shape index (κ3) is 3.90. The highest BCUT2D eigenvalue weighted by molar-refractivity contribution is 7.14. The molecule has 10 heteroatoms. The van der Waals surface area contributed by atoms with Crippen molar-refractivity contribution in [3.05, 3.63) is 62.5 Å². The summed E-state index contributed by atoms with van der Waals surface area (Å²) in [6, 6.07) is 3.27. The highest BCUT2D eigenvalue weighted by Gasteiger charge is 2.34. The summed E-state index contributed by atoms with van der Waals surface area (Å²) >= 11 is 1.08. The van der Waals surface area contributed by atoms with E-state index in [-0.39, 0.29) is 40.2 Å². The van der Waals surface area contributed by atoms with Crippen LogP contribution in [0, 0.1) is 11.6 Å². The van der Waals surface area contributed by atoms with E-state index in [1.165, 1.54) is 12.3 Å². The summed E-state index contributed by atoms with van der Waals surface area (Å²) in [6.07, 6.45) is 3.31. The molecule has 0 saturated heterocycles. The lowest BCUT2D eigenvalue weighted by molar-refractivity contribution is 0.0586. The van der Waals surface area contributed by atoms with Crippen LogP contribution in [0.15, 0.2) is 29.2 Å². The Labute approximate surface area is 187 Å². The number of carbonyl (C=O) groups excluding carboxylic acids is 1. The first-order valence-corrected chi connectivity index (χ1v) is 11.2. The molecular weight excluding hydrogens is 438 g/mol. The molecule has 0 fully saturated rings. The second-order valence-corrected chi connectivity index (χ2v) is 8.73. The summed E-state index contributed by atoms with van der Waals surface area (Å²) in [5.41, 5.74) is -0.342. The first kappa shape index (κ1) is 22.1. The maximum Gasteiger partial charge on any atom is 0.274 e. The smallest absolute Gasteiger partial charge is 0.274 e. The molecule has 32 heavy (non-hydrogen) atoms. The van der Waals surface area contributed by atoms with Gasteiger partial charge in [-0.3, -0.25) is 9.59 Å². The van der Waals surface area contributed by atoms with Gasteiger partial charge in [0.15, 0.2) is 16.5 Å². The SMILES string of the molecule is CCCC1Cn2cc(-c3nnc(Cc4ccc(F)cc4F)s3)c(=O)c(O)c2C(=O)N1CC. The molecule has 1 amide bonds. The number of rotatable bonds is 6. The number of halogens is 2. The molecule has 1 atom stereocenters. The first-order valence-electron chi connectivity index (χ1n) is 10.4. The largest absolute Gasteiger partial charge is 0.503 e. The van der Waals surface area contributed by atoms with Gasteiger partial charge in [-0.15, -0.1) is 10.2 Å². The monoisotopic (exact) mass is 460 g/mol. The van der Waals surface area contributed by atoms with Crippen molar-refractivity contribution in [3.8, 4) is 16.3 Å². The minimum absolute atomic E-state index is 0.0222. The number of hydrogen-bond donors (Lipinski definition) is 1. The fourth-order valence-corrected chi connectivity index (χ4v) is 4.91. The lowest BCUT2D eigenvalue weighted by Gasteiger charge is -2.37. The second-order valence-electron chi connectivity index (χ2n) is 7.67. The summed E-state index contributed by atoms with van der Waals surface area (Å²) in [5, 5.41) is 19.3. The molecule has 1 unspecified atom stereocenters. The minimum atomic E-state index is -0.703. The van der Waals surface area contributed by atoms with Crippen LogP contribution in [-0.4, -0.2) is 43.3 Å². The number of amides is 1. The zero-order valence-electron chi connectivity index (χ0n) is 17.6. The van der Waals surface area contributed by atoms with E-state index in [0.717, 1.165) is 36.3 Å². The van der Waals surface area contributed by atoms with Crippen molar-refractivity contribution in [2.75, 3.05) is 6.54 Å². The molecule has 3 heterocycles. The Morgan fingerprint density at radius 2 is 2.00 bits per heavy atom. The number of aromatic hydroxyl groups is 1. The van der Waals surface area contributed by atoms with Gasteiger partial charge in [0, 0.05) is 37.8 Å². The summed E-state index contributed by atoms with van der Waals surface area (Å²) in [4.78, 5) is 27.5. The average Bonchev–Trinajstić information content (AvgIpc) is 3.21. The standard InChI is InChI=1S/C22H22F2N4O3S/c1-3-5-14-10-27-11-15(19(29)20(30)18(27)22(31)28(14)4-2)21-26-25-17(32-21)8-12-6-7-13(23)9-16(12)24/h6-7,9,11,14,30H,3-5,8,10H2,1-2H3. The van der Waals surface area contributed by atoms with Gasteiger partial charge in [0.25, 0.3) is 5.91 Å². The van der Waals surface area contributed by atoms with Crippen LogP contribution in [0.5, 0.6) is 5.75 Å². The van der Waals surface area contributed by atoms with Crippen molar-refractivity contribution in [1.82, 2.24) is 19.7 Å². The van der Waals surface area contributed by atoms with Crippen molar-refractivity contribution in [1.29, 1.82) is 0 Å². The Bertz CT molecular complexity index is 1240. The molecular formula is C22H22F2N4O3S. The number of carbonyl (C=O) groups is 1. The van der Waals surface area contributed by atoms with Gasteiger partial charge in [-0.05, 0) is 25.0 Å². The van der Waals surface area contributed by atoms with Crippen LogP contribution in [0.2, 0.25) is 0 Å². The van der Waals surface area contributed by atoms with Crippen molar-refractivity contribution in [2.24, 2.45) is 0 Å². The van der Waals surface area contributed by atoms with Crippen LogP contribution in [0.4, 0.5) is 8.78 Å². The molecule has 1 aliphatic rings. The number of pyridine rings is 1. The summed E-state index contributed by atoms with van der Waals surface area (Å²) < 4.78 is 28.7. The van der Waals surface area contributed by atoms with E-state index in [9.17, 15) is 23.5 Å². The zero-order chi connectivity index (χ0) is 23.0. The van der Waals surface area contributed by atoms with Gasteiger partial charge >= 0.3 is 0 Å². The lowest BCUT2D eigenvalue weighted by Crippen LogP contribution is -2.48. The van der Waals surface area contributed by atoms with Crippen molar-refractivity contribution in [3.63, 3.8) is 0 Å². The molecule has 7 nitrogen and oxygen atoms in total. The Balaban J connectivity index is 1.70. The van der Waals surface area contributed by atoms with Gasteiger partial charge in [0.1, 0.15) is 16.6 Å². The first-order chi connectivity index (χ1) is 15.3. The van der Waals surface area contributed by atoms with E-state index in [1.54, 1.807) is 9.47 Å². The molecule has 168 valence electrons. The molecule has 1 N–H and O–H groups in total. The zero-order valence-corrected chi connectivity index (χ0v) is 18.5. The second kappa shape index (κ2) is 8.78. The van der Waals surface area contributed by atoms with Gasteiger partial charge in [-0.2, -0.15) is 0 Å². The van der Waals surface area contributed by atoms with E-state index in [0.29, 0.717) is 18.1 Å². The van der Waals surface area contributed by atoms with Crippen LogP contribution < -0.4 is 5.43 Å². The van der Waals surface area contributed by atoms with E-state index in [2.05, 4.69) is 10.2 Å². The van der Waals surface area contributed by atoms with Crippen LogP contribution in [-0.2, 0) is 13.0 Å². The molecule has 1 aliphatic heterocycles. The quantitative estimate of drug-likeness (QED) is 0.608. The maximum atomic E-state index is 14.0. The molecule has 0 spiro atoms. The Morgan fingerprint density at radius 3 is 2.69 bits per heavy atom. The minimum Gasteiger partial charge on any atom is -0.503 e. The number of benzene rings is 1. The van der Waals surface area contributed by atoms with Gasteiger partial charge < -0.3 is 14.6 Å². The van der Waals surface area contributed by atoms with E-state index in [1.807, 2.05) is 13.8 Å². The van der Waals surface area contributed by atoms with Crippen LogP contribution in [0.25, 0.3) is 10.6 Å². The molecule has 4 rings (SSSR count). The van der Waals surface area contributed by atoms with E-state index >= 15 is 0 Å². The summed E-state index contributed by atoms with van der Waals surface area (Å²) in [5.74, 6) is -2.33. The Kier molecular flexibility index (Phi) is 6.05.